The van der Waals surface area contributed by atoms with E-state index in [1.807, 2.05) is 30.3 Å². The van der Waals surface area contributed by atoms with Crippen LogP contribution < -0.4 is 9.47 Å². The predicted molar refractivity (Wildman–Crippen MR) is 134 cm³/mol. The van der Waals surface area contributed by atoms with Gasteiger partial charge in [-0.25, -0.2) is 0 Å². The summed E-state index contributed by atoms with van der Waals surface area (Å²) in [5.74, 6) is 1.59. The van der Waals surface area contributed by atoms with Crippen LogP contribution in [0.1, 0.15) is 44.9 Å². The number of ether oxygens (including phenoxy) is 3. The van der Waals surface area contributed by atoms with Crippen molar-refractivity contribution in [2.75, 3.05) is 33.4 Å². The topological polar surface area (TPSA) is 51.2 Å². The lowest BCUT2D eigenvalue weighted by atomic mass is 9.86. The molecule has 7 heteroatoms. The zero-order valence-corrected chi connectivity index (χ0v) is 21.9. The summed E-state index contributed by atoms with van der Waals surface area (Å²) < 4.78 is 18.5. The molecule has 0 radical (unpaired) electrons. The zero-order valence-electron chi connectivity index (χ0n) is 19.5. The van der Waals surface area contributed by atoms with Gasteiger partial charge >= 0.3 is 0 Å². The number of aliphatic hydroxyl groups is 1. The molecule has 0 aromatic heterocycles. The van der Waals surface area contributed by atoms with Crippen LogP contribution in [0, 0.1) is 0 Å². The highest BCUT2D eigenvalue weighted by Crippen LogP contribution is 2.34. The van der Waals surface area contributed by atoms with Crippen molar-refractivity contribution in [3.63, 3.8) is 0 Å². The summed E-state index contributed by atoms with van der Waals surface area (Å²) in [5, 5.41) is 10.7. The van der Waals surface area contributed by atoms with E-state index in [2.05, 4.69) is 60.7 Å². The number of benzene rings is 2. The monoisotopic (exact) mass is 527 g/mol. The van der Waals surface area contributed by atoms with E-state index in [1.54, 1.807) is 7.11 Å². The minimum atomic E-state index is -0.596. The van der Waals surface area contributed by atoms with E-state index in [9.17, 15) is 5.11 Å². The highest BCUT2D eigenvalue weighted by Gasteiger charge is 2.31. The van der Waals surface area contributed by atoms with Gasteiger partial charge in [0.1, 0.15) is 24.2 Å². The van der Waals surface area contributed by atoms with Gasteiger partial charge in [0, 0.05) is 29.2 Å². The van der Waals surface area contributed by atoms with Crippen LogP contribution in [0.2, 0.25) is 0 Å². The van der Waals surface area contributed by atoms with Crippen LogP contribution >= 0.6 is 28.3 Å². The van der Waals surface area contributed by atoms with Crippen molar-refractivity contribution in [2.24, 2.45) is 0 Å². The van der Waals surface area contributed by atoms with Crippen LogP contribution in [0.25, 0.3) is 0 Å². The first-order valence-corrected chi connectivity index (χ1v) is 11.6. The van der Waals surface area contributed by atoms with Gasteiger partial charge in [-0.3, -0.25) is 4.90 Å². The molecule has 1 heterocycles. The largest absolute Gasteiger partial charge is 0.497 e. The summed E-state index contributed by atoms with van der Waals surface area (Å²) >= 11 is 3.49. The maximum absolute atomic E-state index is 10.7. The average molecular weight is 529 g/mol. The lowest BCUT2D eigenvalue weighted by molar-refractivity contribution is -0.0805. The van der Waals surface area contributed by atoms with Crippen molar-refractivity contribution in [3.8, 4) is 11.5 Å². The number of nitrogens with zero attached hydrogens (tertiary/aromatic N) is 1. The Bertz CT molecular complexity index is 856. The van der Waals surface area contributed by atoms with Crippen molar-refractivity contribution >= 4 is 28.3 Å². The molecule has 1 aliphatic heterocycles. The second-order valence-corrected chi connectivity index (χ2v) is 10.1. The van der Waals surface area contributed by atoms with Crippen molar-refractivity contribution in [2.45, 2.75) is 51.4 Å². The minimum Gasteiger partial charge on any atom is -0.497 e. The molecule has 1 aliphatic rings. The molecule has 3 unspecified atom stereocenters. The third kappa shape index (κ3) is 6.84. The zero-order chi connectivity index (χ0) is 22.6. The Morgan fingerprint density at radius 2 is 1.88 bits per heavy atom. The smallest absolute Gasteiger partial charge is 0.123 e. The molecule has 0 bridgehead atoms. The molecule has 0 saturated carbocycles. The molecule has 32 heavy (non-hydrogen) atoms. The van der Waals surface area contributed by atoms with Gasteiger partial charge in [-0.1, -0.05) is 48.8 Å². The van der Waals surface area contributed by atoms with E-state index >= 15 is 0 Å². The predicted octanol–water partition coefficient (Wildman–Crippen LogP) is 5.38. The molecule has 1 N–H and O–H groups in total. The Labute approximate surface area is 206 Å². The van der Waals surface area contributed by atoms with Gasteiger partial charge in [-0.2, -0.15) is 0 Å². The molecule has 2 aromatic carbocycles. The maximum Gasteiger partial charge on any atom is 0.123 e. The van der Waals surface area contributed by atoms with Crippen molar-refractivity contribution < 1.29 is 19.3 Å². The van der Waals surface area contributed by atoms with Gasteiger partial charge in [0.15, 0.2) is 0 Å². The van der Waals surface area contributed by atoms with Crippen LogP contribution in [0.3, 0.4) is 0 Å². The first-order valence-electron chi connectivity index (χ1n) is 10.8. The van der Waals surface area contributed by atoms with Crippen molar-refractivity contribution in [3.05, 3.63) is 58.1 Å². The Hall–Kier alpha value is -1.31. The molecular formula is C25H35BrClNO4. The van der Waals surface area contributed by atoms with E-state index in [0.717, 1.165) is 33.6 Å². The lowest BCUT2D eigenvalue weighted by Gasteiger charge is -2.40. The number of β-amino-alcohol motifs (C(OH)–C–C–N with tert-alkyl or cyclic N) is 1. The maximum atomic E-state index is 10.7. The molecular weight excluding hydrogens is 494 g/mol. The summed E-state index contributed by atoms with van der Waals surface area (Å²) in [6.07, 6.45) is -0.606. The van der Waals surface area contributed by atoms with E-state index in [1.165, 1.54) is 0 Å². The van der Waals surface area contributed by atoms with Gasteiger partial charge in [0.25, 0.3) is 0 Å². The minimum absolute atomic E-state index is 0. The number of halogens is 2. The standard InChI is InChI=1S/C25H34BrNO4.ClH/c1-17-24(18-6-8-19(26)9-7-18)30-13-12-27(17)15-20(28)16-31-23-11-10-21(29-5)14-22(23)25(2,3)4;/h6-11,14,17,20,24,28H,12-13,15-16H2,1-5H3;1H. The summed E-state index contributed by atoms with van der Waals surface area (Å²) in [4.78, 5) is 2.28. The molecule has 3 atom stereocenters. The first kappa shape index (κ1) is 26.9. The van der Waals surface area contributed by atoms with Gasteiger partial charge < -0.3 is 19.3 Å². The number of rotatable bonds is 7. The fraction of sp³-hybridized carbons (Fsp3) is 0.520. The van der Waals surface area contributed by atoms with Crippen LogP contribution in [0.5, 0.6) is 11.5 Å². The third-order valence-corrected chi connectivity index (χ3v) is 6.29. The molecule has 0 spiro atoms. The van der Waals surface area contributed by atoms with E-state index in [0.29, 0.717) is 13.2 Å². The van der Waals surface area contributed by atoms with Gasteiger partial charge in [0.05, 0.1) is 19.8 Å². The summed E-state index contributed by atoms with van der Waals surface area (Å²) in [5.41, 5.74) is 2.12. The fourth-order valence-corrected chi connectivity index (χ4v) is 4.24. The molecule has 178 valence electrons. The number of morpholine rings is 1. The quantitative estimate of drug-likeness (QED) is 0.523. The third-order valence-electron chi connectivity index (χ3n) is 5.76. The second-order valence-electron chi connectivity index (χ2n) is 9.16. The Kier molecular flexibility index (Phi) is 9.85. The summed E-state index contributed by atoms with van der Waals surface area (Å²) in [6.45, 7) is 10.8. The van der Waals surface area contributed by atoms with E-state index < -0.39 is 6.10 Å². The van der Waals surface area contributed by atoms with E-state index in [-0.39, 0.29) is 36.6 Å². The Morgan fingerprint density at radius 1 is 1.19 bits per heavy atom. The van der Waals surface area contributed by atoms with Gasteiger partial charge in [-0.15, -0.1) is 12.4 Å². The highest BCUT2D eigenvalue weighted by molar-refractivity contribution is 9.10. The van der Waals surface area contributed by atoms with Crippen LogP contribution in [-0.2, 0) is 10.2 Å². The van der Waals surface area contributed by atoms with Gasteiger partial charge in [-0.05, 0) is 48.2 Å². The van der Waals surface area contributed by atoms with Gasteiger partial charge in [0.2, 0.25) is 0 Å². The molecule has 0 aliphatic carbocycles. The average Bonchev–Trinajstić information content (AvgIpc) is 2.74. The highest BCUT2D eigenvalue weighted by atomic mass is 79.9. The SMILES string of the molecule is COc1ccc(OCC(O)CN2CCOC(c3ccc(Br)cc3)C2C)c(C(C)(C)C)c1.Cl. The van der Waals surface area contributed by atoms with Crippen LogP contribution in [0.15, 0.2) is 46.9 Å². The molecule has 1 saturated heterocycles. The number of methoxy groups -OCH3 is 1. The number of hydrogen-bond donors (Lipinski definition) is 1. The molecule has 1 fully saturated rings. The molecule has 3 rings (SSSR count). The van der Waals surface area contributed by atoms with Crippen LogP contribution in [0.4, 0.5) is 0 Å². The Balaban J connectivity index is 0.00000363. The number of hydrogen-bond acceptors (Lipinski definition) is 5. The molecule has 2 aromatic rings. The normalized spacial score (nSPS) is 20.3. The summed E-state index contributed by atoms with van der Waals surface area (Å²) in [7, 11) is 1.66. The van der Waals surface area contributed by atoms with Crippen molar-refractivity contribution in [1.29, 1.82) is 0 Å². The summed E-state index contributed by atoms with van der Waals surface area (Å²) in [6, 6.07) is 14.2. The lowest BCUT2D eigenvalue weighted by Crippen LogP contribution is -2.49. The van der Waals surface area contributed by atoms with E-state index in [4.69, 9.17) is 14.2 Å². The molecule has 5 nitrogen and oxygen atoms in total. The first-order chi connectivity index (χ1) is 14.7. The molecule has 0 amide bonds. The fourth-order valence-electron chi connectivity index (χ4n) is 3.97. The number of aliphatic hydroxyl groups excluding tert-OH is 1. The Morgan fingerprint density at radius 3 is 2.50 bits per heavy atom. The van der Waals surface area contributed by atoms with Crippen molar-refractivity contribution in [1.82, 2.24) is 4.90 Å². The second kappa shape index (κ2) is 11.7. The van der Waals surface area contributed by atoms with Crippen LogP contribution in [-0.4, -0.2) is 55.6 Å².